The lowest BCUT2D eigenvalue weighted by molar-refractivity contribution is -0.144. The van der Waals surface area contributed by atoms with Crippen molar-refractivity contribution >= 4 is 23.8 Å². The van der Waals surface area contributed by atoms with Gasteiger partial charge in [-0.25, -0.2) is 9.59 Å². The van der Waals surface area contributed by atoms with Crippen molar-refractivity contribution in [3.05, 3.63) is 12.7 Å². The number of urea groups is 1. The molecule has 0 aliphatic heterocycles. The number of carbonyl (C=O) groups excluding carboxylic acids is 1. The molecule has 0 saturated heterocycles. The average molecular weight is 272 g/mol. The van der Waals surface area contributed by atoms with Crippen LogP contribution in [0.1, 0.15) is 19.8 Å². The Morgan fingerprint density at radius 1 is 1.56 bits per heavy atom. The highest BCUT2D eigenvalue weighted by atomic mass is 32.2. The summed E-state index contributed by atoms with van der Waals surface area (Å²) >= 11 is 1.66. The van der Waals surface area contributed by atoms with E-state index in [0.29, 0.717) is 6.54 Å². The number of aliphatic carboxylic acids is 1. The quantitative estimate of drug-likeness (QED) is 0.462. The van der Waals surface area contributed by atoms with E-state index in [4.69, 9.17) is 0 Å². The molecule has 0 aromatic carbocycles. The van der Waals surface area contributed by atoms with Crippen LogP contribution < -0.4 is 10.6 Å². The van der Waals surface area contributed by atoms with E-state index in [1.54, 1.807) is 24.8 Å². The fourth-order valence-corrected chi connectivity index (χ4v) is 2.25. The van der Waals surface area contributed by atoms with Crippen LogP contribution in [-0.4, -0.2) is 40.7 Å². The molecule has 5 nitrogen and oxygen atoms in total. The van der Waals surface area contributed by atoms with E-state index >= 15 is 0 Å². The second kappa shape index (κ2) is 6.68. The SMILES string of the molecule is C=CCSCCNC(=O)NC(C)(C(=O)O)C1CC1. The van der Waals surface area contributed by atoms with Gasteiger partial charge in [-0.3, -0.25) is 0 Å². The van der Waals surface area contributed by atoms with Gasteiger partial charge in [-0.15, -0.1) is 6.58 Å². The summed E-state index contributed by atoms with van der Waals surface area (Å²) in [5, 5.41) is 14.4. The van der Waals surface area contributed by atoms with E-state index in [2.05, 4.69) is 17.2 Å². The number of nitrogens with one attached hydrogen (secondary N) is 2. The highest BCUT2D eigenvalue weighted by Crippen LogP contribution is 2.39. The summed E-state index contributed by atoms with van der Waals surface area (Å²) in [5.74, 6) is 0.710. The van der Waals surface area contributed by atoms with Crippen molar-refractivity contribution < 1.29 is 14.7 Å². The second-order valence-electron chi connectivity index (χ2n) is 4.53. The number of thioether (sulfide) groups is 1. The Hall–Kier alpha value is -1.17. The minimum Gasteiger partial charge on any atom is -0.480 e. The third-order valence-corrected chi connectivity index (χ3v) is 3.94. The molecule has 18 heavy (non-hydrogen) atoms. The molecule has 0 heterocycles. The molecule has 0 aromatic rings. The molecular weight excluding hydrogens is 252 g/mol. The summed E-state index contributed by atoms with van der Waals surface area (Å²) in [6, 6.07) is -0.411. The summed E-state index contributed by atoms with van der Waals surface area (Å²) in [6.45, 7) is 5.69. The number of carboxylic acid groups (broad SMARTS) is 1. The Morgan fingerprint density at radius 2 is 2.22 bits per heavy atom. The Morgan fingerprint density at radius 3 is 2.72 bits per heavy atom. The molecule has 1 atom stereocenters. The van der Waals surface area contributed by atoms with Crippen LogP contribution in [0.5, 0.6) is 0 Å². The second-order valence-corrected chi connectivity index (χ2v) is 5.68. The smallest absolute Gasteiger partial charge is 0.329 e. The standard InChI is InChI=1S/C12H20N2O3S/c1-3-7-18-8-6-13-11(17)14-12(2,10(15)16)9-4-5-9/h3,9H,1,4-8H2,2H3,(H,15,16)(H2,13,14,17). The molecule has 0 spiro atoms. The van der Waals surface area contributed by atoms with Crippen molar-refractivity contribution in [2.45, 2.75) is 25.3 Å². The number of amides is 2. The van der Waals surface area contributed by atoms with Crippen LogP contribution in [-0.2, 0) is 4.79 Å². The molecule has 2 amide bonds. The first-order valence-corrected chi connectivity index (χ1v) is 7.14. The number of hydrogen-bond donors (Lipinski definition) is 3. The lowest BCUT2D eigenvalue weighted by Crippen LogP contribution is -2.56. The summed E-state index contributed by atoms with van der Waals surface area (Å²) in [7, 11) is 0. The molecule has 0 radical (unpaired) electrons. The summed E-state index contributed by atoms with van der Waals surface area (Å²) < 4.78 is 0. The fourth-order valence-electron chi connectivity index (χ4n) is 1.67. The van der Waals surface area contributed by atoms with Crippen LogP contribution in [0, 0.1) is 5.92 Å². The number of carbonyl (C=O) groups is 2. The topological polar surface area (TPSA) is 78.4 Å². The Bertz CT molecular complexity index is 331. The van der Waals surface area contributed by atoms with Gasteiger partial charge in [0.2, 0.25) is 0 Å². The van der Waals surface area contributed by atoms with Gasteiger partial charge in [-0.2, -0.15) is 11.8 Å². The van der Waals surface area contributed by atoms with Gasteiger partial charge in [0.05, 0.1) is 0 Å². The average Bonchev–Trinajstić information content (AvgIpc) is 3.12. The van der Waals surface area contributed by atoms with Crippen LogP contribution >= 0.6 is 11.8 Å². The molecule has 0 bridgehead atoms. The maximum atomic E-state index is 11.6. The van der Waals surface area contributed by atoms with Crippen LogP contribution in [0.3, 0.4) is 0 Å². The zero-order chi connectivity index (χ0) is 13.6. The monoisotopic (exact) mass is 272 g/mol. The van der Waals surface area contributed by atoms with Gasteiger partial charge in [-0.05, 0) is 25.7 Å². The van der Waals surface area contributed by atoms with Crippen LogP contribution in [0.25, 0.3) is 0 Å². The zero-order valence-corrected chi connectivity index (χ0v) is 11.4. The van der Waals surface area contributed by atoms with Crippen LogP contribution in [0.4, 0.5) is 4.79 Å². The van der Waals surface area contributed by atoms with Crippen LogP contribution in [0.15, 0.2) is 12.7 Å². The fraction of sp³-hybridized carbons (Fsp3) is 0.667. The normalized spacial score (nSPS) is 17.6. The van der Waals surface area contributed by atoms with Gasteiger partial charge >= 0.3 is 12.0 Å². The summed E-state index contributed by atoms with van der Waals surface area (Å²) in [4.78, 5) is 22.8. The third-order valence-electron chi connectivity index (χ3n) is 2.98. The van der Waals surface area contributed by atoms with E-state index in [1.165, 1.54) is 0 Å². The first kappa shape index (κ1) is 14.9. The minimum absolute atomic E-state index is 0.0518. The highest BCUT2D eigenvalue weighted by Gasteiger charge is 2.48. The van der Waals surface area contributed by atoms with Crippen molar-refractivity contribution in [3.63, 3.8) is 0 Å². The van der Waals surface area contributed by atoms with Gasteiger partial charge in [0, 0.05) is 18.1 Å². The maximum Gasteiger partial charge on any atom is 0.329 e. The Balaban J connectivity index is 2.29. The van der Waals surface area contributed by atoms with Gasteiger partial charge in [0.15, 0.2) is 0 Å². The largest absolute Gasteiger partial charge is 0.480 e. The first-order valence-electron chi connectivity index (χ1n) is 5.98. The van der Waals surface area contributed by atoms with Gasteiger partial charge in [0.25, 0.3) is 0 Å². The van der Waals surface area contributed by atoms with Crippen molar-refractivity contribution in [1.82, 2.24) is 10.6 Å². The molecule has 3 N–H and O–H groups in total. The van der Waals surface area contributed by atoms with E-state index in [0.717, 1.165) is 24.3 Å². The van der Waals surface area contributed by atoms with Gasteiger partial charge in [0.1, 0.15) is 5.54 Å². The van der Waals surface area contributed by atoms with E-state index in [-0.39, 0.29) is 5.92 Å². The predicted molar refractivity (Wildman–Crippen MR) is 72.8 cm³/mol. The highest BCUT2D eigenvalue weighted by molar-refractivity contribution is 7.99. The number of hydrogen-bond acceptors (Lipinski definition) is 3. The number of rotatable bonds is 8. The molecule has 0 aromatic heterocycles. The lowest BCUT2D eigenvalue weighted by Gasteiger charge is -2.26. The molecule has 102 valence electrons. The molecule has 1 saturated carbocycles. The molecule has 1 rings (SSSR count). The van der Waals surface area contributed by atoms with E-state index in [1.807, 2.05) is 0 Å². The Kier molecular flexibility index (Phi) is 5.53. The summed E-state index contributed by atoms with van der Waals surface area (Å²) in [6.07, 6.45) is 3.52. The molecule has 6 heteroatoms. The van der Waals surface area contributed by atoms with Crippen molar-refractivity contribution in [3.8, 4) is 0 Å². The predicted octanol–water partition coefficient (Wildman–Crippen LogP) is 1.46. The van der Waals surface area contributed by atoms with Crippen molar-refractivity contribution in [1.29, 1.82) is 0 Å². The van der Waals surface area contributed by atoms with Crippen molar-refractivity contribution in [2.24, 2.45) is 5.92 Å². The summed E-state index contributed by atoms with van der Waals surface area (Å²) in [5.41, 5.74) is -1.14. The minimum atomic E-state index is -1.14. The van der Waals surface area contributed by atoms with Crippen LogP contribution in [0.2, 0.25) is 0 Å². The van der Waals surface area contributed by atoms with Gasteiger partial charge in [-0.1, -0.05) is 6.08 Å². The van der Waals surface area contributed by atoms with Crippen molar-refractivity contribution in [2.75, 3.05) is 18.1 Å². The first-order chi connectivity index (χ1) is 8.50. The van der Waals surface area contributed by atoms with E-state index in [9.17, 15) is 14.7 Å². The molecule has 1 fully saturated rings. The molecule has 1 aliphatic rings. The third kappa shape index (κ3) is 4.25. The molecule has 1 aliphatic carbocycles. The maximum absolute atomic E-state index is 11.6. The molecule has 1 unspecified atom stereocenters. The lowest BCUT2D eigenvalue weighted by atomic mass is 9.96. The van der Waals surface area contributed by atoms with E-state index < -0.39 is 17.5 Å². The molecular formula is C12H20N2O3S. The Labute approximate surface area is 111 Å². The van der Waals surface area contributed by atoms with Gasteiger partial charge < -0.3 is 15.7 Å². The zero-order valence-electron chi connectivity index (χ0n) is 10.6. The number of carboxylic acids is 1.